The van der Waals surface area contributed by atoms with Gasteiger partial charge in [0.25, 0.3) is 5.91 Å². The Morgan fingerprint density at radius 3 is 2.63 bits per heavy atom. The number of hydrogen-bond acceptors (Lipinski definition) is 5. The van der Waals surface area contributed by atoms with Crippen molar-refractivity contribution in [2.24, 2.45) is 0 Å². The number of rotatable bonds is 5. The van der Waals surface area contributed by atoms with Crippen LogP contribution in [-0.2, 0) is 4.79 Å². The zero-order valence-corrected chi connectivity index (χ0v) is 15.7. The van der Waals surface area contributed by atoms with E-state index in [1.54, 1.807) is 18.3 Å². The first-order valence-electron chi connectivity index (χ1n) is 8.23. The fraction of sp³-hybridized carbons (Fsp3) is 0.0952. The first-order chi connectivity index (χ1) is 13.0. The minimum Gasteiger partial charge on any atom is -0.450 e. The molecule has 0 aliphatic rings. The molecule has 0 radical (unpaired) electrons. The molecule has 2 heterocycles. The molecule has 3 rings (SSSR count). The molecule has 0 aliphatic carbocycles. The smallest absolute Gasteiger partial charge is 0.266 e. The number of benzene rings is 1. The molecule has 27 heavy (non-hydrogen) atoms. The van der Waals surface area contributed by atoms with E-state index in [0.717, 1.165) is 16.2 Å². The van der Waals surface area contributed by atoms with Gasteiger partial charge in [-0.15, -0.1) is 0 Å². The third-order valence-corrected chi connectivity index (χ3v) is 4.45. The molecule has 6 heteroatoms. The molecule has 0 spiro atoms. The Morgan fingerprint density at radius 1 is 1.19 bits per heavy atom. The van der Waals surface area contributed by atoms with Gasteiger partial charge in [-0.05, 0) is 73.1 Å². The Labute approximate surface area is 161 Å². The zero-order chi connectivity index (χ0) is 19.2. The highest BCUT2D eigenvalue weighted by molar-refractivity contribution is 7.99. The third kappa shape index (κ3) is 5.09. The minimum atomic E-state index is -0.474. The van der Waals surface area contributed by atoms with Crippen LogP contribution in [0.3, 0.4) is 0 Å². The summed E-state index contributed by atoms with van der Waals surface area (Å²) in [6.45, 7) is 3.90. The number of amides is 1. The van der Waals surface area contributed by atoms with Crippen LogP contribution in [0.5, 0.6) is 0 Å². The Morgan fingerprint density at radius 2 is 1.96 bits per heavy atom. The molecule has 0 saturated heterocycles. The highest BCUT2D eigenvalue weighted by atomic mass is 32.2. The number of nitrogens with one attached hydrogen (secondary N) is 1. The molecule has 0 saturated carbocycles. The van der Waals surface area contributed by atoms with Crippen molar-refractivity contribution in [1.82, 2.24) is 4.98 Å². The fourth-order valence-electron chi connectivity index (χ4n) is 2.51. The third-order valence-electron chi connectivity index (χ3n) is 3.58. The summed E-state index contributed by atoms with van der Waals surface area (Å²) < 4.78 is 5.67. The molecule has 0 bridgehead atoms. The quantitative estimate of drug-likeness (QED) is 0.502. The lowest BCUT2D eigenvalue weighted by molar-refractivity contribution is -0.112. The molecule has 1 amide bonds. The van der Waals surface area contributed by atoms with Crippen molar-refractivity contribution in [2.45, 2.75) is 24.0 Å². The maximum absolute atomic E-state index is 12.4. The van der Waals surface area contributed by atoms with Crippen LogP contribution in [0.25, 0.3) is 6.08 Å². The van der Waals surface area contributed by atoms with Gasteiger partial charge in [0.1, 0.15) is 22.4 Å². The van der Waals surface area contributed by atoms with Gasteiger partial charge >= 0.3 is 0 Å². The van der Waals surface area contributed by atoms with Gasteiger partial charge in [0.2, 0.25) is 0 Å². The van der Waals surface area contributed by atoms with Crippen LogP contribution in [0.15, 0.2) is 74.8 Å². The van der Waals surface area contributed by atoms with Gasteiger partial charge in [-0.3, -0.25) is 4.79 Å². The van der Waals surface area contributed by atoms with E-state index in [1.165, 1.54) is 17.8 Å². The average Bonchev–Trinajstić information content (AvgIpc) is 3.06. The highest BCUT2D eigenvalue weighted by Crippen LogP contribution is 2.28. The lowest BCUT2D eigenvalue weighted by Gasteiger charge is -2.06. The first kappa shape index (κ1) is 18.5. The summed E-state index contributed by atoms with van der Waals surface area (Å²) in [6.07, 6.45) is 3.14. The first-order valence-corrected chi connectivity index (χ1v) is 9.05. The van der Waals surface area contributed by atoms with E-state index in [1.807, 2.05) is 56.3 Å². The van der Waals surface area contributed by atoms with Crippen LogP contribution in [0.4, 0.5) is 5.69 Å². The van der Waals surface area contributed by atoms with Gasteiger partial charge in [-0.25, -0.2) is 4.98 Å². The molecule has 0 atom stereocenters. The second-order valence-electron chi connectivity index (χ2n) is 5.93. The molecule has 5 nitrogen and oxygen atoms in total. The molecular formula is C21H17N3O2S. The second kappa shape index (κ2) is 8.39. The summed E-state index contributed by atoms with van der Waals surface area (Å²) >= 11 is 1.37. The van der Waals surface area contributed by atoms with Gasteiger partial charge in [0.15, 0.2) is 5.09 Å². The summed E-state index contributed by atoms with van der Waals surface area (Å²) in [6, 6.07) is 16.8. The van der Waals surface area contributed by atoms with Crippen LogP contribution in [0.1, 0.15) is 16.9 Å². The Bertz CT molecular complexity index is 1010. The van der Waals surface area contributed by atoms with Crippen LogP contribution < -0.4 is 5.32 Å². The van der Waals surface area contributed by atoms with E-state index in [0.29, 0.717) is 16.5 Å². The highest BCUT2D eigenvalue weighted by Gasteiger charge is 2.12. The van der Waals surface area contributed by atoms with Gasteiger partial charge in [-0.2, -0.15) is 5.26 Å². The summed E-state index contributed by atoms with van der Waals surface area (Å²) in [5.41, 5.74) is 2.70. The number of carbonyl (C=O) groups excluding carboxylic acids is 1. The van der Waals surface area contributed by atoms with Crippen LogP contribution >= 0.6 is 11.8 Å². The zero-order valence-electron chi connectivity index (χ0n) is 14.9. The molecule has 0 aliphatic heterocycles. The van der Waals surface area contributed by atoms with Crippen molar-refractivity contribution in [3.63, 3.8) is 0 Å². The largest absolute Gasteiger partial charge is 0.450 e. The Kier molecular flexibility index (Phi) is 5.74. The molecule has 1 aromatic carbocycles. The molecule has 2 aromatic heterocycles. The van der Waals surface area contributed by atoms with Crippen LogP contribution in [-0.4, -0.2) is 10.9 Å². The van der Waals surface area contributed by atoms with Gasteiger partial charge < -0.3 is 9.73 Å². The van der Waals surface area contributed by atoms with Gasteiger partial charge in [-0.1, -0.05) is 12.1 Å². The van der Waals surface area contributed by atoms with Gasteiger partial charge in [0, 0.05) is 18.0 Å². The number of pyridine rings is 1. The summed E-state index contributed by atoms with van der Waals surface area (Å²) in [4.78, 5) is 16.6. The van der Waals surface area contributed by atoms with E-state index < -0.39 is 5.91 Å². The minimum absolute atomic E-state index is 0.0297. The number of nitriles is 1. The molecule has 3 aromatic rings. The lowest BCUT2D eigenvalue weighted by Crippen LogP contribution is -2.13. The topological polar surface area (TPSA) is 78.9 Å². The van der Waals surface area contributed by atoms with Crippen molar-refractivity contribution in [2.75, 3.05) is 5.32 Å². The molecular weight excluding hydrogens is 358 g/mol. The number of nitrogens with zero attached hydrogens (tertiary/aromatic N) is 2. The van der Waals surface area contributed by atoms with E-state index in [4.69, 9.17) is 4.42 Å². The number of hydrogen-bond donors (Lipinski definition) is 1. The number of aromatic nitrogens is 1. The van der Waals surface area contributed by atoms with Crippen molar-refractivity contribution >= 4 is 29.4 Å². The average molecular weight is 375 g/mol. The molecule has 1 N–H and O–H groups in total. The summed E-state index contributed by atoms with van der Waals surface area (Å²) in [5, 5.41) is 13.5. The maximum Gasteiger partial charge on any atom is 0.266 e. The number of carbonyl (C=O) groups is 1. The van der Waals surface area contributed by atoms with Crippen molar-refractivity contribution < 1.29 is 9.21 Å². The molecule has 134 valence electrons. The van der Waals surface area contributed by atoms with E-state index in [-0.39, 0.29) is 5.57 Å². The van der Waals surface area contributed by atoms with E-state index in [9.17, 15) is 10.1 Å². The van der Waals surface area contributed by atoms with E-state index in [2.05, 4.69) is 10.3 Å². The summed E-state index contributed by atoms with van der Waals surface area (Å²) in [5.74, 6) is -0.0432. The van der Waals surface area contributed by atoms with Crippen molar-refractivity contribution in [3.05, 3.63) is 77.2 Å². The number of aryl methyl sites for hydroxylation is 2. The van der Waals surface area contributed by atoms with Crippen LogP contribution in [0.2, 0.25) is 0 Å². The Hall–Kier alpha value is -3.30. The molecule has 0 unspecified atom stereocenters. The fourth-order valence-corrected chi connectivity index (χ4v) is 3.25. The van der Waals surface area contributed by atoms with Gasteiger partial charge in [0.05, 0.1) is 0 Å². The standard InChI is InChI=1S/C21H17N3O2S/c1-14-9-15(2)11-17(10-14)24-21(25)16(13-22)12-18-6-7-20(26-18)27-19-5-3-4-8-23-19/h3-12H,1-2H3,(H,24,25)/b16-12+. The number of anilines is 1. The normalized spacial score (nSPS) is 11.1. The predicted octanol–water partition coefficient (Wildman–Crippen LogP) is 4.99. The number of furan rings is 1. The second-order valence-corrected chi connectivity index (χ2v) is 6.95. The maximum atomic E-state index is 12.4. The summed E-state index contributed by atoms with van der Waals surface area (Å²) in [7, 11) is 0. The molecule has 0 fully saturated rings. The predicted molar refractivity (Wildman–Crippen MR) is 105 cm³/mol. The lowest BCUT2D eigenvalue weighted by atomic mass is 10.1. The van der Waals surface area contributed by atoms with Crippen LogP contribution in [0, 0.1) is 25.2 Å². The van der Waals surface area contributed by atoms with Crippen molar-refractivity contribution in [1.29, 1.82) is 5.26 Å². The van der Waals surface area contributed by atoms with E-state index >= 15 is 0 Å². The SMILES string of the molecule is Cc1cc(C)cc(NC(=O)/C(C#N)=C/c2ccc(Sc3ccccn3)o2)c1. The van der Waals surface area contributed by atoms with Crippen molar-refractivity contribution in [3.8, 4) is 6.07 Å². The Balaban J connectivity index is 1.74. The monoisotopic (exact) mass is 375 g/mol.